The lowest BCUT2D eigenvalue weighted by molar-refractivity contribution is 0.241. The van der Waals surface area contributed by atoms with Crippen LogP contribution in [0.1, 0.15) is 19.4 Å². The Morgan fingerprint density at radius 2 is 1.71 bits per heavy atom. The molecule has 118 valence electrons. The van der Waals surface area contributed by atoms with Crippen molar-refractivity contribution in [3.05, 3.63) is 29.8 Å². The number of amides is 2. The molecule has 0 bridgehead atoms. The summed E-state index contributed by atoms with van der Waals surface area (Å²) in [6, 6.07) is 5.62. The van der Waals surface area contributed by atoms with E-state index in [4.69, 9.17) is 0 Å². The number of aryl methyl sites for hydroxylation is 1. The second-order valence-corrected chi connectivity index (χ2v) is 6.38. The molecule has 0 aromatic heterocycles. The zero-order chi connectivity index (χ0) is 15.9. The van der Waals surface area contributed by atoms with Gasteiger partial charge < -0.3 is 10.2 Å². The summed E-state index contributed by atoms with van der Waals surface area (Å²) >= 11 is 0. The Bertz CT molecular complexity index is 551. The number of likely N-dealkylation sites (N-methyl/N-ethyl adjacent to an activating group) is 1. The number of rotatable bonds is 7. The highest BCUT2D eigenvalue weighted by Gasteiger charge is 2.16. The van der Waals surface area contributed by atoms with Crippen molar-refractivity contribution in [2.24, 2.45) is 0 Å². The van der Waals surface area contributed by atoms with E-state index in [2.05, 4.69) is 10.2 Å². The number of urea groups is 1. The first-order chi connectivity index (χ1) is 9.89. The molecule has 0 aliphatic heterocycles. The maximum absolute atomic E-state index is 12.0. The average molecular weight is 313 g/mol. The smallest absolute Gasteiger partial charge is 0.328 e. The summed E-state index contributed by atoms with van der Waals surface area (Å²) in [5, 5.41) is 2.55. The second-order valence-electron chi connectivity index (χ2n) is 4.70. The fourth-order valence-electron chi connectivity index (χ4n) is 1.80. The summed E-state index contributed by atoms with van der Waals surface area (Å²) in [5.41, 5.74) is 0.956. The van der Waals surface area contributed by atoms with Gasteiger partial charge >= 0.3 is 6.03 Å². The number of carbonyl (C=O) groups excluding carboxylic acids is 1. The second kappa shape index (κ2) is 7.99. The van der Waals surface area contributed by atoms with Gasteiger partial charge in [0.15, 0.2) is 0 Å². The summed E-state index contributed by atoms with van der Waals surface area (Å²) in [6.45, 7) is 8.80. The molecule has 2 N–H and O–H groups in total. The Labute approximate surface area is 126 Å². The van der Waals surface area contributed by atoms with E-state index >= 15 is 0 Å². The lowest BCUT2D eigenvalue weighted by Gasteiger charge is -2.18. The average Bonchev–Trinajstić information content (AvgIpc) is 2.43. The van der Waals surface area contributed by atoms with E-state index in [1.54, 1.807) is 12.1 Å². The molecule has 0 spiro atoms. The van der Waals surface area contributed by atoms with E-state index in [0.29, 0.717) is 13.1 Å². The Hall–Kier alpha value is -1.60. The molecule has 2 amide bonds. The number of nitrogens with zero attached hydrogens (tertiary/aromatic N) is 1. The molecule has 0 atom stereocenters. The van der Waals surface area contributed by atoms with Gasteiger partial charge in [-0.05, 0) is 32.1 Å². The van der Waals surface area contributed by atoms with Crippen molar-refractivity contribution in [1.82, 2.24) is 14.9 Å². The van der Waals surface area contributed by atoms with Crippen molar-refractivity contribution < 1.29 is 13.2 Å². The quantitative estimate of drug-likeness (QED) is 0.796. The van der Waals surface area contributed by atoms with Crippen LogP contribution in [-0.4, -0.2) is 45.5 Å². The van der Waals surface area contributed by atoms with Gasteiger partial charge in [0.05, 0.1) is 4.90 Å². The Kier molecular flexibility index (Phi) is 6.64. The third-order valence-corrected chi connectivity index (χ3v) is 4.51. The molecule has 1 rings (SSSR count). The molecule has 6 nitrogen and oxygen atoms in total. The lowest BCUT2D eigenvalue weighted by Crippen LogP contribution is -2.42. The number of hydrogen-bond donors (Lipinski definition) is 2. The molecule has 0 saturated carbocycles. The molecule has 0 saturated heterocycles. The van der Waals surface area contributed by atoms with E-state index in [1.165, 1.54) is 12.1 Å². The topological polar surface area (TPSA) is 78.5 Å². The normalized spacial score (nSPS) is 11.4. The van der Waals surface area contributed by atoms with Gasteiger partial charge in [-0.1, -0.05) is 31.5 Å². The summed E-state index contributed by atoms with van der Waals surface area (Å²) < 4.78 is 26.0. The summed E-state index contributed by atoms with van der Waals surface area (Å²) in [4.78, 5) is 13.8. The molecule has 0 unspecified atom stereocenters. The first kappa shape index (κ1) is 17.5. The highest BCUT2D eigenvalue weighted by Crippen LogP contribution is 2.09. The van der Waals surface area contributed by atoms with Gasteiger partial charge in [0.2, 0.25) is 0 Å². The molecule has 1 aromatic carbocycles. The number of carbonyl (C=O) groups is 1. The van der Waals surface area contributed by atoms with Gasteiger partial charge in [-0.3, -0.25) is 0 Å². The largest absolute Gasteiger partial charge is 0.336 e. The minimum Gasteiger partial charge on any atom is -0.336 e. The van der Waals surface area contributed by atoms with Crippen LogP contribution in [0.2, 0.25) is 0 Å². The van der Waals surface area contributed by atoms with Gasteiger partial charge in [-0.15, -0.1) is 0 Å². The zero-order valence-corrected chi connectivity index (χ0v) is 13.5. The van der Waals surface area contributed by atoms with Crippen molar-refractivity contribution in [2.75, 3.05) is 26.2 Å². The van der Waals surface area contributed by atoms with E-state index < -0.39 is 16.1 Å². The molecule has 7 heteroatoms. The van der Waals surface area contributed by atoms with Crippen LogP contribution in [0.15, 0.2) is 29.2 Å². The Morgan fingerprint density at radius 1 is 1.14 bits per heavy atom. The number of hydrogen-bond acceptors (Lipinski definition) is 4. The molecular formula is C14H23N3O3S. The van der Waals surface area contributed by atoms with Crippen LogP contribution < -0.4 is 10.0 Å². The van der Waals surface area contributed by atoms with Gasteiger partial charge in [-0.25, -0.2) is 17.9 Å². The third-order valence-electron chi connectivity index (χ3n) is 3.17. The van der Waals surface area contributed by atoms with E-state index in [-0.39, 0.29) is 4.90 Å². The van der Waals surface area contributed by atoms with Crippen molar-refractivity contribution in [2.45, 2.75) is 25.7 Å². The summed E-state index contributed by atoms with van der Waals surface area (Å²) in [7, 11) is -3.81. The van der Waals surface area contributed by atoms with Crippen LogP contribution in [0.4, 0.5) is 4.79 Å². The minimum absolute atomic E-state index is 0.0759. The zero-order valence-electron chi connectivity index (χ0n) is 12.7. The number of nitrogens with one attached hydrogen (secondary N) is 2. The highest BCUT2D eigenvalue weighted by atomic mass is 32.2. The molecule has 1 aromatic rings. The van der Waals surface area contributed by atoms with Crippen LogP contribution in [0, 0.1) is 6.92 Å². The fourth-order valence-corrected chi connectivity index (χ4v) is 2.73. The van der Waals surface area contributed by atoms with Crippen LogP contribution in [0.3, 0.4) is 0 Å². The van der Waals surface area contributed by atoms with Crippen molar-refractivity contribution in [3.8, 4) is 0 Å². The molecule has 21 heavy (non-hydrogen) atoms. The van der Waals surface area contributed by atoms with Gasteiger partial charge in [0.1, 0.15) is 0 Å². The minimum atomic E-state index is -3.81. The van der Waals surface area contributed by atoms with E-state index in [0.717, 1.165) is 18.7 Å². The SMILES string of the molecule is CCN(CC)CCNC(=O)NS(=O)(=O)c1ccc(C)cc1. The molecular weight excluding hydrogens is 290 g/mol. The fraction of sp³-hybridized carbons (Fsp3) is 0.500. The maximum atomic E-state index is 12.0. The standard InChI is InChI=1S/C14H23N3O3S/c1-4-17(5-2)11-10-15-14(18)16-21(19,20)13-8-6-12(3)7-9-13/h6-9H,4-5,10-11H2,1-3H3,(H2,15,16,18). The maximum Gasteiger partial charge on any atom is 0.328 e. The first-order valence-corrected chi connectivity index (χ1v) is 8.47. The summed E-state index contributed by atoms with van der Waals surface area (Å²) in [5.74, 6) is 0. The lowest BCUT2D eigenvalue weighted by atomic mass is 10.2. The van der Waals surface area contributed by atoms with Crippen LogP contribution in [0.5, 0.6) is 0 Å². The Morgan fingerprint density at radius 3 is 2.24 bits per heavy atom. The van der Waals surface area contributed by atoms with Crippen LogP contribution in [-0.2, 0) is 10.0 Å². The highest BCUT2D eigenvalue weighted by molar-refractivity contribution is 7.90. The Balaban J connectivity index is 2.52. The molecule has 0 aliphatic rings. The van der Waals surface area contributed by atoms with Crippen molar-refractivity contribution in [3.63, 3.8) is 0 Å². The monoisotopic (exact) mass is 313 g/mol. The van der Waals surface area contributed by atoms with Crippen LogP contribution in [0.25, 0.3) is 0 Å². The van der Waals surface area contributed by atoms with E-state index in [1.807, 2.05) is 25.5 Å². The van der Waals surface area contributed by atoms with E-state index in [9.17, 15) is 13.2 Å². The van der Waals surface area contributed by atoms with Crippen LogP contribution >= 0.6 is 0 Å². The number of sulfonamides is 1. The molecule has 0 heterocycles. The van der Waals surface area contributed by atoms with Crippen molar-refractivity contribution >= 4 is 16.1 Å². The number of benzene rings is 1. The van der Waals surface area contributed by atoms with Gasteiger partial charge in [0, 0.05) is 13.1 Å². The predicted molar refractivity (Wildman–Crippen MR) is 82.7 cm³/mol. The molecule has 0 fully saturated rings. The first-order valence-electron chi connectivity index (χ1n) is 6.98. The van der Waals surface area contributed by atoms with Gasteiger partial charge in [0.25, 0.3) is 10.0 Å². The predicted octanol–water partition coefficient (Wildman–Crippen LogP) is 1.32. The third kappa shape index (κ3) is 5.73. The van der Waals surface area contributed by atoms with Crippen molar-refractivity contribution in [1.29, 1.82) is 0 Å². The molecule has 0 radical (unpaired) electrons. The summed E-state index contributed by atoms with van der Waals surface area (Å²) in [6.07, 6.45) is 0. The van der Waals surface area contributed by atoms with Gasteiger partial charge in [-0.2, -0.15) is 0 Å². The molecule has 0 aliphatic carbocycles.